The number of carbonyl (C=O) groups excluding carboxylic acids is 7. The number of amides is 7. The van der Waals surface area contributed by atoms with Gasteiger partial charge in [-0.25, -0.2) is 0 Å². The van der Waals surface area contributed by atoms with Crippen LogP contribution in [0.3, 0.4) is 0 Å². The molecule has 3 saturated heterocycles. The summed E-state index contributed by atoms with van der Waals surface area (Å²) in [7, 11) is -5.85. The molecular formula is C52H57F2N6O11PS. The maximum Gasteiger partial charge on any atom is 0.399 e. The van der Waals surface area contributed by atoms with Crippen molar-refractivity contribution in [1.29, 1.82) is 0 Å². The zero-order chi connectivity index (χ0) is 52.4. The number of nitrogens with one attached hydrogen (secondary N) is 2. The molecule has 5 heterocycles. The Hall–Kier alpha value is -6.36. The number of thiophene rings is 1. The van der Waals surface area contributed by atoms with E-state index in [1.807, 2.05) is 36.4 Å². The number of fused-ring (bicyclic) bond motifs is 2. The average Bonchev–Trinajstić information content (AvgIpc) is 3.94. The summed E-state index contributed by atoms with van der Waals surface area (Å²) >= 11 is 0.950. The number of rotatable bonds is 13. The maximum absolute atomic E-state index is 14.8. The highest BCUT2D eigenvalue weighted by Gasteiger charge is 2.51. The highest BCUT2D eigenvalue weighted by molar-refractivity contribution is 7.52. The summed E-state index contributed by atoms with van der Waals surface area (Å²) in [6.45, 7) is 6.26. The Kier molecular flexibility index (Phi) is 15.7. The quantitative estimate of drug-likeness (QED) is 0.0553. The Labute approximate surface area is 424 Å². The molecule has 4 aromatic rings. The van der Waals surface area contributed by atoms with Gasteiger partial charge >= 0.3 is 13.3 Å². The lowest BCUT2D eigenvalue weighted by Crippen LogP contribution is -2.66. The number of unbranched alkanes of at least 4 members (excludes halogenated alkanes) is 3. The molecule has 2 unspecified atom stereocenters. The van der Waals surface area contributed by atoms with Crippen molar-refractivity contribution in [1.82, 2.24) is 30.2 Å². The minimum atomic E-state index is -5.85. The molecule has 0 radical (unpaired) electrons. The van der Waals surface area contributed by atoms with Gasteiger partial charge in [0.15, 0.2) is 0 Å². The van der Waals surface area contributed by atoms with Gasteiger partial charge in [-0.15, -0.1) is 11.3 Å². The first-order valence-electron chi connectivity index (χ1n) is 24.2. The Morgan fingerprint density at radius 1 is 0.932 bits per heavy atom. The van der Waals surface area contributed by atoms with Crippen molar-refractivity contribution in [2.75, 3.05) is 39.3 Å². The van der Waals surface area contributed by atoms with E-state index in [0.29, 0.717) is 35.9 Å². The molecule has 3 aromatic carbocycles. The normalized spacial score (nSPS) is 20.0. The first-order valence-corrected chi connectivity index (χ1v) is 26.6. The van der Waals surface area contributed by atoms with Crippen molar-refractivity contribution in [3.8, 4) is 11.8 Å². The molecule has 3 fully saturated rings. The van der Waals surface area contributed by atoms with Gasteiger partial charge in [-0.2, -0.15) is 8.78 Å². The van der Waals surface area contributed by atoms with E-state index in [4.69, 9.17) is 4.74 Å². The van der Waals surface area contributed by atoms with Crippen LogP contribution in [0.2, 0.25) is 0 Å². The van der Waals surface area contributed by atoms with Crippen LogP contribution in [0.25, 0.3) is 10.1 Å². The summed E-state index contributed by atoms with van der Waals surface area (Å²) in [6.07, 6.45) is 2.75. The molecule has 0 aliphatic carbocycles. The zero-order valence-electron chi connectivity index (χ0n) is 40.6. The monoisotopic (exact) mass is 1040 g/mol. The molecule has 4 N–H and O–H groups in total. The van der Waals surface area contributed by atoms with Crippen LogP contribution in [-0.4, -0.2) is 128 Å². The van der Waals surface area contributed by atoms with Crippen molar-refractivity contribution >= 4 is 70.4 Å². The Morgan fingerprint density at radius 3 is 2.42 bits per heavy atom. The van der Waals surface area contributed by atoms with Crippen LogP contribution in [0, 0.1) is 17.3 Å². The number of piperazine rings is 1. The maximum atomic E-state index is 14.8. The second-order valence-electron chi connectivity index (χ2n) is 19.8. The molecule has 17 nitrogen and oxygen atoms in total. The first kappa shape index (κ1) is 52.9. The Bertz CT molecular complexity index is 2950. The van der Waals surface area contributed by atoms with Crippen molar-refractivity contribution in [3.63, 3.8) is 0 Å². The average molecular weight is 1040 g/mol. The number of hydrogen-bond acceptors (Lipinski definition) is 10. The fourth-order valence-electron chi connectivity index (χ4n) is 9.58. The van der Waals surface area contributed by atoms with Gasteiger partial charge in [0.05, 0.1) is 24.6 Å². The molecule has 4 aliphatic rings. The van der Waals surface area contributed by atoms with Crippen LogP contribution in [-0.2, 0) is 45.5 Å². The third-order valence-electron chi connectivity index (χ3n) is 13.6. The van der Waals surface area contributed by atoms with Gasteiger partial charge in [0.1, 0.15) is 24.2 Å². The summed E-state index contributed by atoms with van der Waals surface area (Å²) in [5.74, 6) is 3.45. The van der Waals surface area contributed by atoms with Crippen LogP contribution in [0.15, 0.2) is 72.8 Å². The summed E-state index contributed by atoms with van der Waals surface area (Å²) in [4.78, 5) is 119. The number of imide groups is 1. The van der Waals surface area contributed by atoms with Gasteiger partial charge in [-0.1, -0.05) is 75.4 Å². The minimum Gasteiger partial charge on any atom is -0.370 e. The topological polar surface area (TPSA) is 223 Å². The van der Waals surface area contributed by atoms with Gasteiger partial charge < -0.3 is 39.4 Å². The van der Waals surface area contributed by atoms with Crippen LogP contribution in [0.4, 0.5) is 8.78 Å². The van der Waals surface area contributed by atoms with Crippen LogP contribution in [0.1, 0.15) is 114 Å². The number of benzene rings is 3. The summed E-state index contributed by atoms with van der Waals surface area (Å²) in [5, 5.41) is 5.28. The lowest BCUT2D eigenvalue weighted by atomic mass is 9.85. The standard InChI is InChI=1S/C52H57F2N6O11PS/c1-51(2,3)45(56-47(64)42-28-34-27-36(17-20-41(34)73-42)52(53,54)72(68,69)70)50(67)59-23-22-57(30-39(59)49(66)58-24-25-71-40(31-58)33-13-9-7-10-14-33)44(62)15-11-6-4-5-8-12-32-16-18-37-35(26-32)29-60(48(37)65)38-19-21-43(61)55-46(38)63/h7,9-10,13-14,16-18,20,26-28,38-40,45H,4-6,11,15,19,21-25,29-31H2,1-3H3,(H,56,64)(H,55,61,63)(H2,68,69,70)/t38?,39-,40-,45?/m0/s1. The second kappa shape index (κ2) is 21.6. The fourth-order valence-corrected chi connectivity index (χ4v) is 11.0. The van der Waals surface area contributed by atoms with E-state index in [1.54, 1.807) is 42.7 Å². The van der Waals surface area contributed by atoms with E-state index in [0.717, 1.165) is 40.2 Å². The highest BCUT2D eigenvalue weighted by Crippen LogP contribution is 2.59. The van der Waals surface area contributed by atoms with E-state index in [1.165, 1.54) is 21.9 Å². The van der Waals surface area contributed by atoms with Crippen molar-refractivity contribution < 1.29 is 61.4 Å². The molecule has 0 bridgehead atoms. The zero-order valence-corrected chi connectivity index (χ0v) is 42.3. The van der Waals surface area contributed by atoms with Gasteiger partial charge in [0, 0.05) is 66.8 Å². The lowest BCUT2D eigenvalue weighted by Gasteiger charge is -2.45. The summed E-state index contributed by atoms with van der Waals surface area (Å²) < 4.78 is 47.2. The summed E-state index contributed by atoms with van der Waals surface area (Å²) in [6, 6.07) is 16.1. The molecule has 8 rings (SSSR count). The molecule has 386 valence electrons. The fraction of sp³-hybridized carbons (Fsp3) is 0.442. The molecule has 21 heteroatoms. The Morgan fingerprint density at radius 2 is 1.70 bits per heavy atom. The number of ether oxygens (including phenoxy) is 1. The van der Waals surface area contributed by atoms with Crippen molar-refractivity contribution in [3.05, 3.63) is 105 Å². The van der Waals surface area contributed by atoms with Gasteiger partial charge in [0.25, 0.3) is 11.8 Å². The molecule has 4 atom stereocenters. The van der Waals surface area contributed by atoms with E-state index < -0.39 is 66.2 Å². The predicted molar refractivity (Wildman–Crippen MR) is 265 cm³/mol. The number of carbonyl (C=O) groups is 7. The highest BCUT2D eigenvalue weighted by atomic mass is 32.1. The van der Waals surface area contributed by atoms with Crippen LogP contribution >= 0.6 is 18.9 Å². The molecule has 0 spiro atoms. The van der Waals surface area contributed by atoms with E-state index in [2.05, 4.69) is 22.5 Å². The number of nitrogens with zero attached hydrogens (tertiary/aromatic N) is 4. The number of morpholine rings is 1. The third kappa shape index (κ3) is 11.7. The second-order valence-corrected chi connectivity index (χ2v) is 22.5. The Balaban J connectivity index is 0.909. The van der Waals surface area contributed by atoms with E-state index >= 15 is 0 Å². The smallest absolute Gasteiger partial charge is 0.370 e. The minimum absolute atomic E-state index is 0.00325. The van der Waals surface area contributed by atoms with E-state index in [9.17, 15) is 56.7 Å². The van der Waals surface area contributed by atoms with Crippen molar-refractivity contribution in [2.45, 2.75) is 102 Å². The molecule has 73 heavy (non-hydrogen) atoms. The van der Waals surface area contributed by atoms with Gasteiger partial charge in [0.2, 0.25) is 29.5 Å². The largest absolute Gasteiger partial charge is 0.399 e. The molecule has 1 aromatic heterocycles. The number of halogens is 2. The van der Waals surface area contributed by atoms with Gasteiger partial charge in [-0.3, -0.25) is 43.4 Å². The molecule has 0 saturated carbocycles. The molecule has 7 amide bonds. The van der Waals surface area contributed by atoms with Crippen molar-refractivity contribution in [2.24, 2.45) is 5.41 Å². The molecule has 4 aliphatic heterocycles. The SMILES string of the molecule is CC(C)(C)C(NC(=O)c1cc2cc(C(F)(F)P(=O)(O)O)ccc2s1)C(=O)N1CCN(C(=O)CCCCCC#Cc2ccc3c(c2)CN(C2CCC(=O)NC2=O)C3=O)C[C@H]1C(=O)N1CCO[C@H](c2ccccc2)C1. The van der Waals surface area contributed by atoms with Gasteiger partial charge in [-0.05, 0) is 77.6 Å². The third-order valence-corrected chi connectivity index (χ3v) is 15.7. The summed E-state index contributed by atoms with van der Waals surface area (Å²) in [5.41, 5.74) is -3.40. The van der Waals surface area contributed by atoms with Crippen LogP contribution in [0.5, 0.6) is 0 Å². The van der Waals surface area contributed by atoms with Crippen LogP contribution < -0.4 is 10.6 Å². The lowest BCUT2D eigenvalue weighted by molar-refractivity contribution is -0.158. The number of hydrogen-bond donors (Lipinski definition) is 4. The molecular weight excluding hydrogens is 986 g/mol. The number of alkyl halides is 2. The number of piperidine rings is 1. The van der Waals surface area contributed by atoms with E-state index in [-0.39, 0.29) is 99.0 Å². The predicted octanol–water partition coefficient (Wildman–Crippen LogP) is 5.68. The first-order chi connectivity index (χ1) is 34.6.